The number of carbonyl (C=O) groups is 4. The fourth-order valence-corrected chi connectivity index (χ4v) is 4.55. The molecule has 1 saturated heterocycles. The summed E-state index contributed by atoms with van der Waals surface area (Å²) in [4.78, 5) is 52.2. The second-order valence-electron chi connectivity index (χ2n) is 9.31. The third-order valence-corrected chi connectivity index (χ3v) is 5.96. The fraction of sp³-hybridized carbons (Fsp3) is 0.393. The van der Waals surface area contributed by atoms with E-state index in [2.05, 4.69) is 4.98 Å². The van der Waals surface area contributed by atoms with Crippen LogP contribution in [-0.4, -0.2) is 64.3 Å². The molecule has 0 aliphatic carbocycles. The van der Waals surface area contributed by atoms with Crippen LogP contribution in [-0.2, 0) is 42.9 Å². The molecule has 2 aromatic heterocycles. The van der Waals surface area contributed by atoms with Crippen LogP contribution in [0.5, 0.6) is 11.5 Å². The molecule has 40 heavy (non-hydrogen) atoms. The molecule has 0 bridgehead atoms. The number of benzene rings is 1. The summed E-state index contributed by atoms with van der Waals surface area (Å²) < 4.78 is 35.8. The summed E-state index contributed by atoms with van der Waals surface area (Å²) in [7, 11) is 0. The van der Waals surface area contributed by atoms with Crippen molar-refractivity contribution in [3.63, 3.8) is 0 Å². The van der Waals surface area contributed by atoms with Crippen LogP contribution in [0.15, 0.2) is 48.8 Å². The minimum Gasteiger partial charge on any atom is -0.463 e. The summed E-state index contributed by atoms with van der Waals surface area (Å²) in [6.07, 6.45) is -2.10. The lowest BCUT2D eigenvalue weighted by atomic mass is 9.90. The highest BCUT2D eigenvalue weighted by molar-refractivity contribution is 5.69. The fourth-order valence-electron chi connectivity index (χ4n) is 4.55. The molecule has 212 valence electrons. The topological polar surface area (TPSA) is 141 Å². The summed E-state index contributed by atoms with van der Waals surface area (Å²) in [5.74, 6) is -1.67. The van der Waals surface area contributed by atoms with E-state index in [9.17, 15) is 19.2 Å². The van der Waals surface area contributed by atoms with Gasteiger partial charge in [-0.1, -0.05) is 12.1 Å². The van der Waals surface area contributed by atoms with Gasteiger partial charge in [0.05, 0.1) is 11.9 Å². The molecule has 3 aromatic rings. The van der Waals surface area contributed by atoms with E-state index in [0.717, 1.165) is 11.3 Å². The van der Waals surface area contributed by atoms with Gasteiger partial charge >= 0.3 is 23.9 Å². The molecule has 12 heteroatoms. The predicted octanol–water partition coefficient (Wildman–Crippen LogP) is 3.23. The summed E-state index contributed by atoms with van der Waals surface area (Å²) in [6.45, 7) is 6.34. The Morgan fingerprint density at radius 1 is 0.825 bits per heavy atom. The van der Waals surface area contributed by atoms with Crippen LogP contribution < -0.4 is 4.74 Å². The van der Waals surface area contributed by atoms with E-state index in [1.807, 2.05) is 23.6 Å². The van der Waals surface area contributed by atoms with Crippen molar-refractivity contribution in [2.75, 3.05) is 6.61 Å². The standard InChI is InChI=1S/C28H30N2O10/c1-15-12-30-13-22(9-10-24(30)29-15)39-21-8-6-7-20(11-21)25-27(37-18(4)33)28(38-19(5)34)26(36-17(3)32)23(40-25)14-35-16(2)31/h6-13,23,25-28H,14H2,1-5H3/t23-,25-,26-,27-,28+/m1/s1. The molecule has 1 aromatic carbocycles. The van der Waals surface area contributed by atoms with Gasteiger partial charge in [-0.15, -0.1) is 0 Å². The van der Waals surface area contributed by atoms with Gasteiger partial charge in [0.1, 0.15) is 36.0 Å². The van der Waals surface area contributed by atoms with Gasteiger partial charge in [-0.25, -0.2) is 4.98 Å². The lowest BCUT2D eigenvalue weighted by Crippen LogP contribution is -2.59. The molecule has 3 heterocycles. The Morgan fingerprint density at radius 3 is 2.17 bits per heavy atom. The van der Waals surface area contributed by atoms with Crippen LogP contribution in [0, 0.1) is 6.92 Å². The molecule has 0 N–H and O–H groups in total. The van der Waals surface area contributed by atoms with Gasteiger partial charge in [0.15, 0.2) is 18.3 Å². The number of nitrogens with zero attached hydrogens (tertiary/aromatic N) is 2. The molecule has 4 rings (SSSR count). The zero-order chi connectivity index (χ0) is 29.0. The van der Waals surface area contributed by atoms with Crippen molar-refractivity contribution in [2.45, 2.75) is 65.1 Å². The number of rotatable bonds is 8. The summed E-state index contributed by atoms with van der Waals surface area (Å²) >= 11 is 0. The highest BCUT2D eigenvalue weighted by Gasteiger charge is 2.52. The minimum absolute atomic E-state index is 0.311. The molecular weight excluding hydrogens is 524 g/mol. The van der Waals surface area contributed by atoms with Crippen molar-refractivity contribution >= 4 is 29.5 Å². The predicted molar refractivity (Wildman–Crippen MR) is 137 cm³/mol. The molecule has 1 aliphatic heterocycles. The van der Waals surface area contributed by atoms with Crippen LogP contribution >= 0.6 is 0 Å². The highest BCUT2D eigenvalue weighted by Crippen LogP contribution is 2.39. The maximum Gasteiger partial charge on any atom is 0.303 e. The van der Waals surface area contributed by atoms with Gasteiger partial charge < -0.3 is 32.8 Å². The number of carbonyl (C=O) groups excluding carboxylic acids is 4. The summed E-state index contributed by atoms with van der Waals surface area (Å²) in [5.41, 5.74) is 2.15. The van der Waals surface area contributed by atoms with Crippen molar-refractivity contribution in [3.8, 4) is 11.5 Å². The summed E-state index contributed by atoms with van der Waals surface area (Å²) in [5, 5.41) is 0. The van der Waals surface area contributed by atoms with E-state index in [1.165, 1.54) is 27.7 Å². The first-order chi connectivity index (χ1) is 19.0. The lowest BCUT2D eigenvalue weighted by Gasteiger charge is -2.44. The highest BCUT2D eigenvalue weighted by atomic mass is 16.7. The van der Waals surface area contributed by atoms with Crippen LogP contribution in [0.2, 0.25) is 0 Å². The van der Waals surface area contributed by atoms with E-state index in [1.54, 1.807) is 36.5 Å². The van der Waals surface area contributed by atoms with E-state index < -0.39 is 54.4 Å². The SMILES string of the molecule is CC(=O)OC[C@H]1O[C@H](c2cccc(Oc3ccc4nc(C)cn4c3)c2)[C@@H](OC(C)=O)[C@@H](OC(C)=O)[C@@H]1OC(C)=O. The van der Waals surface area contributed by atoms with Crippen LogP contribution in [0.3, 0.4) is 0 Å². The number of hydrogen-bond donors (Lipinski definition) is 0. The van der Waals surface area contributed by atoms with Gasteiger partial charge in [-0.05, 0) is 36.8 Å². The van der Waals surface area contributed by atoms with Crippen LogP contribution in [0.4, 0.5) is 0 Å². The third-order valence-electron chi connectivity index (χ3n) is 5.96. The Labute approximate surface area is 230 Å². The van der Waals surface area contributed by atoms with Crippen molar-refractivity contribution in [2.24, 2.45) is 0 Å². The first-order valence-electron chi connectivity index (χ1n) is 12.5. The van der Waals surface area contributed by atoms with Gasteiger partial charge in [0.2, 0.25) is 0 Å². The van der Waals surface area contributed by atoms with Crippen molar-refractivity contribution in [1.82, 2.24) is 9.38 Å². The normalized spacial score (nSPS) is 22.3. The zero-order valence-corrected chi connectivity index (χ0v) is 22.7. The second-order valence-corrected chi connectivity index (χ2v) is 9.31. The Morgan fingerprint density at radius 2 is 1.50 bits per heavy atom. The molecule has 12 nitrogen and oxygen atoms in total. The zero-order valence-electron chi connectivity index (χ0n) is 22.7. The average molecular weight is 555 g/mol. The maximum absolute atomic E-state index is 12.1. The maximum atomic E-state index is 12.1. The van der Waals surface area contributed by atoms with E-state index in [4.69, 9.17) is 28.4 Å². The number of ether oxygens (including phenoxy) is 6. The number of fused-ring (bicyclic) bond motifs is 1. The summed E-state index contributed by atoms with van der Waals surface area (Å²) in [6, 6.07) is 10.5. The van der Waals surface area contributed by atoms with Gasteiger partial charge in [0, 0.05) is 33.9 Å². The van der Waals surface area contributed by atoms with E-state index >= 15 is 0 Å². The largest absolute Gasteiger partial charge is 0.463 e. The number of aryl methyl sites for hydroxylation is 1. The lowest BCUT2D eigenvalue weighted by molar-refractivity contribution is -0.254. The first-order valence-corrected chi connectivity index (χ1v) is 12.5. The Bertz CT molecular complexity index is 1420. The molecule has 1 fully saturated rings. The molecule has 0 amide bonds. The molecule has 0 unspecified atom stereocenters. The molecular formula is C28H30N2O10. The van der Waals surface area contributed by atoms with Crippen molar-refractivity contribution < 1.29 is 47.6 Å². The Kier molecular flexibility index (Phi) is 8.68. The number of pyridine rings is 1. The quantitative estimate of drug-likeness (QED) is 0.299. The third kappa shape index (κ3) is 6.94. The van der Waals surface area contributed by atoms with Crippen molar-refractivity contribution in [3.05, 3.63) is 60.0 Å². The minimum atomic E-state index is -1.26. The Hall–Kier alpha value is -4.45. The second kappa shape index (κ2) is 12.2. The number of imidazole rings is 1. The molecule has 0 spiro atoms. The number of esters is 4. The van der Waals surface area contributed by atoms with Gasteiger partial charge in [0.25, 0.3) is 0 Å². The smallest absolute Gasteiger partial charge is 0.303 e. The molecule has 1 aliphatic rings. The van der Waals surface area contributed by atoms with Crippen molar-refractivity contribution in [1.29, 1.82) is 0 Å². The monoisotopic (exact) mass is 554 g/mol. The molecule has 0 saturated carbocycles. The number of hydrogen-bond acceptors (Lipinski definition) is 11. The first kappa shape index (κ1) is 28.6. The van der Waals surface area contributed by atoms with E-state index in [-0.39, 0.29) is 6.61 Å². The Balaban J connectivity index is 1.70. The molecule has 0 radical (unpaired) electrons. The molecule has 5 atom stereocenters. The van der Waals surface area contributed by atoms with Gasteiger partial charge in [-0.3, -0.25) is 19.2 Å². The van der Waals surface area contributed by atoms with Gasteiger partial charge in [-0.2, -0.15) is 0 Å². The number of aromatic nitrogens is 2. The van der Waals surface area contributed by atoms with Crippen LogP contribution in [0.25, 0.3) is 5.65 Å². The van der Waals surface area contributed by atoms with E-state index in [0.29, 0.717) is 17.1 Å². The van der Waals surface area contributed by atoms with Crippen LogP contribution in [0.1, 0.15) is 45.1 Å². The average Bonchev–Trinajstić information content (AvgIpc) is 3.24.